The number of hydrogen-bond acceptors (Lipinski definition) is 5. The van der Waals surface area contributed by atoms with Crippen LogP contribution >= 0.6 is 0 Å². The van der Waals surface area contributed by atoms with Gasteiger partial charge < -0.3 is 15.4 Å². The van der Waals surface area contributed by atoms with E-state index in [4.69, 9.17) is 0 Å². The SMILES string of the molecule is CCc1cc(=O)[nH]c(-c2ccc(NC(CC(C)C)C(=O)O)nc2)n1. The minimum absolute atomic E-state index is 0.207. The quantitative estimate of drug-likeness (QED) is 0.719. The van der Waals surface area contributed by atoms with Crippen LogP contribution in [0.25, 0.3) is 11.4 Å². The molecule has 128 valence electrons. The number of carboxylic acid groups (broad SMARTS) is 1. The summed E-state index contributed by atoms with van der Waals surface area (Å²) >= 11 is 0. The van der Waals surface area contributed by atoms with Crippen LogP contribution in [0.2, 0.25) is 0 Å². The van der Waals surface area contributed by atoms with Gasteiger partial charge in [-0.3, -0.25) is 4.79 Å². The van der Waals surface area contributed by atoms with Gasteiger partial charge in [0, 0.05) is 23.5 Å². The molecular formula is C17H22N4O3. The largest absolute Gasteiger partial charge is 0.480 e. The Hall–Kier alpha value is -2.70. The molecule has 2 rings (SSSR count). The Labute approximate surface area is 140 Å². The van der Waals surface area contributed by atoms with Crippen LogP contribution in [0.3, 0.4) is 0 Å². The van der Waals surface area contributed by atoms with Gasteiger partial charge in [0.1, 0.15) is 17.7 Å². The Morgan fingerprint density at radius 2 is 2.12 bits per heavy atom. The van der Waals surface area contributed by atoms with E-state index in [0.29, 0.717) is 35.7 Å². The minimum atomic E-state index is -0.906. The number of carboxylic acids is 1. The number of hydrogen-bond donors (Lipinski definition) is 3. The molecule has 2 aromatic heterocycles. The lowest BCUT2D eigenvalue weighted by Crippen LogP contribution is -2.31. The Morgan fingerprint density at radius 1 is 1.38 bits per heavy atom. The highest BCUT2D eigenvalue weighted by molar-refractivity contribution is 5.77. The molecule has 0 saturated heterocycles. The van der Waals surface area contributed by atoms with Crippen molar-refractivity contribution in [1.82, 2.24) is 15.0 Å². The smallest absolute Gasteiger partial charge is 0.326 e. The first-order valence-corrected chi connectivity index (χ1v) is 7.95. The summed E-state index contributed by atoms with van der Waals surface area (Å²) in [6, 6.07) is 4.21. The second-order valence-corrected chi connectivity index (χ2v) is 6.04. The number of aromatic amines is 1. The number of anilines is 1. The van der Waals surface area contributed by atoms with Crippen LogP contribution in [0.1, 0.15) is 32.9 Å². The lowest BCUT2D eigenvalue weighted by atomic mass is 10.0. The molecule has 3 N–H and O–H groups in total. The molecule has 0 amide bonds. The average molecular weight is 330 g/mol. The molecule has 0 fully saturated rings. The first-order valence-electron chi connectivity index (χ1n) is 7.95. The maximum atomic E-state index is 11.6. The first-order chi connectivity index (χ1) is 11.4. The van der Waals surface area contributed by atoms with Crippen molar-refractivity contribution >= 4 is 11.8 Å². The van der Waals surface area contributed by atoms with Gasteiger partial charge in [0.2, 0.25) is 0 Å². The highest BCUT2D eigenvalue weighted by Gasteiger charge is 2.19. The highest BCUT2D eigenvalue weighted by atomic mass is 16.4. The van der Waals surface area contributed by atoms with Crippen molar-refractivity contribution < 1.29 is 9.90 Å². The van der Waals surface area contributed by atoms with Crippen molar-refractivity contribution in [2.75, 3.05) is 5.32 Å². The van der Waals surface area contributed by atoms with Crippen LogP contribution in [0, 0.1) is 5.92 Å². The fourth-order valence-electron chi connectivity index (χ4n) is 2.32. The molecule has 1 atom stereocenters. The molecule has 0 aromatic carbocycles. The van der Waals surface area contributed by atoms with Crippen molar-refractivity contribution in [2.45, 2.75) is 39.7 Å². The molecule has 0 saturated carbocycles. The molecule has 0 aliphatic rings. The van der Waals surface area contributed by atoms with Crippen molar-refractivity contribution in [1.29, 1.82) is 0 Å². The number of pyridine rings is 1. The Kier molecular flexibility index (Phi) is 5.68. The third-order valence-electron chi connectivity index (χ3n) is 3.52. The Morgan fingerprint density at radius 3 is 2.67 bits per heavy atom. The monoisotopic (exact) mass is 330 g/mol. The van der Waals surface area contributed by atoms with Gasteiger partial charge in [-0.15, -0.1) is 0 Å². The van der Waals surface area contributed by atoms with Crippen molar-refractivity contribution in [3.8, 4) is 11.4 Å². The van der Waals surface area contributed by atoms with E-state index < -0.39 is 12.0 Å². The van der Waals surface area contributed by atoms with Gasteiger partial charge in [-0.05, 0) is 30.9 Å². The number of aliphatic carboxylic acids is 1. The van der Waals surface area contributed by atoms with E-state index in [1.54, 1.807) is 18.3 Å². The molecule has 0 bridgehead atoms. The molecule has 2 heterocycles. The molecule has 1 unspecified atom stereocenters. The van der Waals surface area contributed by atoms with Crippen LogP contribution < -0.4 is 10.9 Å². The summed E-state index contributed by atoms with van der Waals surface area (Å²) in [5.74, 6) is 0.274. The van der Waals surface area contributed by atoms with Crippen LogP contribution in [-0.4, -0.2) is 32.1 Å². The van der Waals surface area contributed by atoms with Crippen LogP contribution in [-0.2, 0) is 11.2 Å². The number of aryl methyl sites for hydroxylation is 1. The predicted octanol–water partition coefficient (Wildman–Crippen LogP) is 2.31. The van der Waals surface area contributed by atoms with Crippen LogP contribution in [0.4, 0.5) is 5.82 Å². The van der Waals surface area contributed by atoms with Gasteiger partial charge in [0.25, 0.3) is 5.56 Å². The zero-order chi connectivity index (χ0) is 17.7. The lowest BCUT2D eigenvalue weighted by molar-refractivity contribution is -0.138. The Balaban J connectivity index is 2.20. The zero-order valence-electron chi connectivity index (χ0n) is 14.0. The maximum Gasteiger partial charge on any atom is 0.326 e. The van der Waals surface area contributed by atoms with Gasteiger partial charge >= 0.3 is 5.97 Å². The number of nitrogens with zero attached hydrogens (tertiary/aromatic N) is 2. The molecule has 24 heavy (non-hydrogen) atoms. The third kappa shape index (κ3) is 4.65. The van der Waals surface area contributed by atoms with E-state index in [-0.39, 0.29) is 11.5 Å². The molecule has 7 heteroatoms. The number of H-pyrrole nitrogens is 1. The van der Waals surface area contributed by atoms with E-state index in [2.05, 4.69) is 20.3 Å². The first kappa shape index (κ1) is 17.7. The number of nitrogens with one attached hydrogen (secondary N) is 2. The molecule has 0 aliphatic carbocycles. The summed E-state index contributed by atoms with van der Waals surface area (Å²) in [6.07, 6.45) is 2.74. The van der Waals surface area contributed by atoms with Crippen molar-refractivity contribution in [2.24, 2.45) is 5.92 Å². The summed E-state index contributed by atoms with van der Waals surface area (Å²) in [6.45, 7) is 5.87. The normalized spacial score (nSPS) is 12.2. The van der Waals surface area contributed by atoms with Gasteiger partial charge in [-0.25, -0.2) is 14.8 Å². The third-order valence-corrected chi connectivity index (χ3v) is 3.52. The lowest BCUT2D eigenvalue weighted by Gasteiger charge is -2.17. The highest BCUT2D eigenvalue weighted by Crippen LogP contribution is 2.17. The molecule has 2 aromatic rings. The molecular weight excluding hydrogens is 308 g/mol. The van der Waals surface area contributed by atoms with Crippen molar-refractivity contribution in [3.63, 3.8) is 0 Å². The van der Waals surface area contributed by atoms with Gasteiger partial charge in [0.15, 0.2) is 0 Å². The van der Waals surface area contributed by atoms with Gasteiger partial charge in [-0.1, -0.05) is 20.8 Å². The predicted molar refractivity (Wildman–Crippen MR) is 92.0 cm³/mol. The summed E-state index contributed by atoms with van der Waals surface area (Å²) in [5.41, 5.74) is 1.17. The Bertz CT molecular complexity index is 753. The second kappa shape index (κ2) is 7.72. The number of aromatic nitrogens is 3. The molecule has 0 radical (unpaired) electrons. The van der Waals surface area contributed by atoms with Gasteiger partial charge in [0.05, 0.1) is 0 Å². The summed E-state index contributed by atoms with van der Waals surface area (Å²) in [5, 5.41) is 12.2. The fourth-order valence-corrected chi connectivity index (χ4v) is 2.32. The maximum absolute atomic E-state index is 11.6. The summed E-state index contributed by atoms with van der Waals surface area (Å²) < 4.78 is 0. The second-order valence-electron chi connectivity index (χ2n) is 6.04. The summed E-state index contributed by atoms with van der Waals surface area (Å²) in [7, 11) is 0. The van der Waals surface area contributed by atoms with E-state index >= 15 is 0 Å². The standard InChI is InChI=1S/C17H22N4O3/c1-4-12-8-15(22)21-16(19-12)11-5-6-14(18-9-11)20-13(17(23)24)7-10(2)3/h5-6,8-10,13H,4,7H2,1-3H3,(H,18,20)(H,23,24)(H,19,21,22). The average Bonchev–Trinajstić information content (AvgIpc) is 2.53. The van der Waals surface area contributed by atoms with E-state index in [9.17, 15) is 14.7 Å². The van der Waals surface area contributed by atoms with E-state index in [1.807, 2.05) is 20.8 Å². The molecule has 7 nitrogen and oxygen atoms in total. The minimum Gasteiger partial charge on any atom is -0.480 e. The molecule has 0 spiro atoms. The topological polar surface area (TPSA) is 108 Å². The molecule has 0 aliphatic heterocycles. The number of carbonyl (C=O) groups is 1. The zero-order valence-corrected chi connectivity index (χ0v) is 14.0. The van der Waals surface area contributed by atoms with Crippen LogP contribution in [0.5, 0.6) is 0 Å². The van der Waals surface area contributed by atoms with Crippen LogP contribution in [0.15, 0.2) is 29.2 Å². The van der Waals surface area contributed by atoms with Gasteiger partial charge in [-0.2, -0.15) is 0 Å². The van der Waals surface area contributed by atoms with E-state index in [1.165, 1.54) is 6.07 Å². The summed E-state index contributed by atoms with van der Waals surface area (Å²) in [4.78, 5) is 34.2. The van der Waals surface area contributed by atoms with E-state index in [0.717, 1.165) is 0 Å². The number of rotatable bonds is 7. The fraction of sp³-hybridized carbons (Fsp3) is 0.412. The van der Waals surface area contributed by atoms with Crippen molar-refractivity contribution in [3.05, 3.63) is 40.4 Å².